The molecule has 0 unspecified atom stereocenters. The van der Waals surface area contributed by atoms with E-state index >= 15 is 0 Å². The Balaban J connectivity index is 2.54. The van der Waals surface area contributed by atoms with Crippen molar-refractivity contribution in [3.63, 3.8) is 0 Å². The summed E-state index contributed by atoms with van der Waals surface area (Å²) in [5.74, 6) is 0.132. The SMILES string of the molecule is O=c1c(Cl)cc2nc3ccc(Cl)c(Cl)c3oc-2c1Cl. The van der Waals surface area contributed by atoms with Gasteiger partial charge in [-0.2, -0.15) is 0 Å². The molecule has 1 heterocycles. The lowest BCUT2D eigenvalue weighted by atomic mass is 10.2. The van der Waals surface area contributed by atoms with Gasteiger partial charge in [0.05, 0.1) is 10.0 Å². The zero-order chi connectivity index (χ0) is 13.7. The number of benzene rings is 2. The molecule has 0 radical (unpaired) electrons. The maximum atomic E-state index is 11.7. The zero-order valence-electron chi connectivity index (χ0n) is 9.01. The Morgan fingerprint density at radius 2 is 1.74 bits per heavy atom. The number of hydrogen-bond donors (Lipinski definition) is 0. The van der Waals surface area contributed by atoms with Gasteiger partial charge in [-0.15, -0.1) is 0 Å². The third-order valence-electron chi connectivity index (χ3n) is 2.59. The Morgan fingerprint density at radius 1 is 1.00 bits per heavy atom. The van der Waals surface area contributed by atoms with Gasteiger partial charge in [-0.25, -0.2) is 4.98 Å². The van der Waals surface area contributed by atoms with Crippen LogP contribution in [0.25, 0.3) is 22.6 Å². The summed E-state index contributed by atoms with van der Waals surface area (Å²) >= 11 is 23.6. The fraction of sp³-hybridized carbons (Fsp3) is 0. The third kappa shape index (κ3) is 1.98. The van der Waals surface area contributed by atoms with Crippen molar-refractivity contribution in [1.29, 1.82) is 0 Å². The van der Waals surface area contributed by atoms with Crippen molar-refractivity contribution in [3.8, 4) is 11.5 Å². The maximum absolute atomic E-state index is 11.7. The molecular formula is C12H3Cl4NO2. The summed E-state index contributed by atoms with van der Waals surface area (Å²) < 4.78 is 5.55. The van der Waals surface area contributed by atoms with Gasteiger partial charge < -0.3 is 4.42 Å². The van der Waals surface area contributed by atoms with Crippen LogP contribution in [0.4, 0.5) is 0 Å². The molecule has 7 heteroatoms. The first-order valence-corrected chi connectivity index (χ1v) is 6.57. The second-order valence-corrected chi connectivity index (χ2v) is 5.34. The van der Waals surface area contributed by atoms with Gasteiger partial charge in [0.1, 0.15) is 21.3 Å². The summed E-state index contributed by atoms with van der Waals surface area (Å²) in [6.07, 6.45) is 0. The van der Waals surface area contributed by atoms with Gasteiger partial charge in [-0.3, -0.25) is 4.79 Å². The minimum absolute atomic E-state index is 0.0142. The van der Waals surface area contributed by atoms with E-state index in [9.17, 15) is 4.79 Å². The van der Waals surface area contributed by atoms with Crippen LogP contribution < -0.4 is 5.43 Å². The summed E-state index contributed by atoms with van der Waals surface area (Å²) in [4.78, 5) is 16.0. The van der Waals surface area contributed by atoms with Crippen molar-refractivity contribution in [2.75, 3.05) is 0 Å². The summed E-state index contributed by atoms with van der Waals surface area (Å²) in [7, 11) is 0. The molecule has 0 saturated carbocycles. The maximum Gasteiger partial charge on any atom is 0.219 e. The molecule has 0 bridgehead atoms. The quantitative estimate of drug-likeness (QED) is 0.549. The number of fused-ring (bicyclic) bond motifs is 2. The van der Waals surface area contributed by atoms with Crippen LogP contribution in [0, 0.1) is 0 Å². The van der Waals surface area contributed by atoms with Crippen molar-refractivity contribution in [2.45, 2.75) is 0 Å². The van der Waals surface area contributed by atoms with Crippen molar-refractivity contribution >= 4 is 57.5 Å². The Kier molecular flexibility index (Phi) is 3.10. The summed E-state index contributed by atoms with van der Waals surface area (Å²) in [5, 5.41) is 0.395. The van der Waals surface area contributed by atoms with Gasteiger partial charge in [0, 0.05) is 0 Å². The minimum Gasteiger partial charge on any atom is -0.449 e. The van der Waals surface area contributed by atoms with Crippen molar-refractivity contribution in [1.82, 2.24) is 4.98 Å². The molecular weight excluding hydrogens is 332 g/mol. The van der Waals surface area contributed by atoms with E-state index in [-0.39, 0.29) is 26.4 Å². The third-order valence-corrected chi connectivity index (χ3v) is 4.00. The lowest BCUT2D eigenvalue weighted by Gasteiger charge is -2.09. The average molecular weight is 335 g/mol. The van der Waals surface area contributed by atoms with Crippen LogP contribution in [0.1, 0.15) is 0 Å². The highest BCUT2D eigenvalue weighted by atomic mass is 35.5. The molecule has 0 aromatic heterocycles. The average Bonchev–Trinajstić information content (AvgIpc) is 2.39. The molecule has 0 amide bonds. The zero-order valence-corrected chi connectivity index (χ0v) is 12.0. The molecule has 0 saturated heterocycles. The molecule has 96 valence electrons. The number of nitrogens with zero attached hydrogens (tertiary/aromatic N) is 1. The molecule has 3 nitrogen and oxygen atoms in total. The van der Waals surface area contributed by atoms with Gasteiger partial charge in [0.2, 0.25) is 5.43 Å². The molecule has 2 aliphatic rings. The van der Waals surface area contributed by atoms with Gasteiger partial charge >= 0.3 is 0 Å². The fourth-order valence-corrected chi connectivity index (χ4v) is 2.52. The van der Waals surface area contributed by atoms with Crippen molar-refractivity contribution < 1.29 is 4.42 Å². The molecule has 1 aliphatic carbocycles. The monoisotopic (exact) mass is 333 g/mol. The Morgan fingerprint density at radius 3 is 2.47 bits per heavy atom. The first-order chi connectivity index (χ1) is 8.99. The van der Waals surface area contributed by atoms with Gasteiger partial charge in [0.15, 0.2) is 11.3 Å². The second kappa shape index (κ2) is 4.53. The van der Waals surface area contributed by atoms with E-state index in [1.54, 1.807) is 12.1 Å². The standard InChI is InChI=1S/C12H3Cl4NO2/c13-4-1-2-6-11(8(4)15)19-12-7(17-6)3-5(14)10(18)9(12)16/h1-3H. The summed E-state index contributed by atoms with van der Waals surface area (Å²) in [6.45, 7) is 0. The number of hydrogen-bond acceptors (Lipinski definition) is 3. The summed E-state index contributed by atoms with van der Waals surface area (Å²) in [5.41, 5.74) is 0.623. The molecule has 1 aromatic rings. The van der Waals surface area contributed by atoms with Crippen LogP contribution in [0.5, 0.6) is 0 Å². The van der Waals surface area contributed by atoms with E-state index in [1.807, 2.05) is 0 Å². The Labute approximate surface area is 127 Å². The minimum atomic E-state index is -0.515. The topological polar surface area (TPSA) is 43.1 Å². The Bertz CT molecular complexity index is 843. The fourth-order valence-electron chi connectivity index (χ4n) is 1.69. The van der Waals surface area contributed by atoms with Crippen LogP contribution in [0.15, 0.2) is 27.4 Å². The van der Waals surface area contributed by atoms with Crippen LogP contribution in [0.3, 0.4) is 0 Å². The van der Waals surface area contributed by atoms with Crippen LogP contribution in [-0.4, -0.2) is 4.98 Å². The molecule has 0 fully saturated rings. The van der Waals surface area contributed by atoms with Crippen molar-refractivity contribution in [2.24, 2.45) is 0 Å². The van der Waals surface area contributed by atoms with Crippen LogP contribution in [-0.2, 0) is 0 Å². The highest BCUT2D eigenvalue weighted by molar-refractivity contribution is 6.44. The molecule has 1 aliphatic heterocycles. The molecule has 3 rings (SSSR count). The van der Waals surface area contributed by atoms with Gasteiger partial charge in [-0.05, 0) is 18.2 Å². The molecule has 0 spiro atoms. The predicted octanol–water partition coefficient (Wildman–Crippen LogP) is 4.91. The first-order valence-electron chi connectivity index (χ1n) is 5.05. The van der Waals surface area contributed by atoms with E-state index in [0.29, 0.717) is 16.2 Å². The molecule has 19 heavy (non-hydrogen) atoms. The number of halogens is 4. The van der Waals surface area contributed by atoms with E-state index in [1.165, 1.54) is 6.07 Å². The van der Waals surface area contributed by atoms with Crippen molar-refractivity contribution in [3.05, 3.63) is 48.5 Å². The van der Waals surface area contributed by atoms with E-state index in [0.717, 1.165) is 0 Å². The smallest absolute Gasteiger partial charge is 0.219 e. The summed E-state index contributed by atoms with van der Waals surface area (Å²) in [6, 6.07) is 4.65. The Hall–Kier alpha value is -1.00. The van der Waals surface area contributed by atoms with Gasteiger partial charge in [-0.1, -0.05) is 46.4 Å². The number of aromatic nitrogens is 1. The lowest BCUT2D eigenvalue weighted by Crippen LogP contribution is -2.05. The highest BCUT2D eigenvalue weighted by Crippen LogP contribution is 2.36. The normalized spacial score (nSPS) is 11.4. The molecule has 0 atom stereocenters. The predicted molar refractivity (Wildman–Crippen MR) is 76.9 cm³/mol. The van der Waals surface area contributed by atoms with E-state index < -0.39 is 5.43 Å². The van der Waals surface area contributed by atoms with E-state index in [2.05, 4.69) is 4.98 Å². The van der Waals surface area contributed by atoms with E-state index in [4.69, 9.17) is 50.8 Å². The highest BCUT2D eigenvalue weighted by Gasteiger charge is 2.20. The largest absolute Gasteiger partial charge is 0.449 e. The lowest BCUT2D eigenvalue weighted by molar-refractivity contribution is 0.613. The molecule has 1 aromatic carbocycles. The second-order valence-electron chi connectivity index (χ2n) is 3.77. The van der Waals surface area contributed by atoms with Crippen LogP contribution in [0.2, 0.25) is 20.1 Å². The molecule has 0 N–H and O–H groups in total. The first kappa shape index (κ1) is 13.0. The van der Waals surface area contributed by atoms with Crippen LogP contribution >= 0.6 is 46.4 Å². The number of rotatable bonds is 0. The van der Waals surface area contributed by atoms with Gasteiger partial charge in [0.25, 0.3) is 0 Å².